The van der Waals surface area contributed by atoms with Crippen LogP contribution in [0.25, 0.3) is 11.0 Å². The van der Waals surface area contributed by atoms with Gasteiger partial charge in [0.15, 0.2) is 0 Å². The number of sulfonamides is 1. The molecule has 0 amide bonds. The summed E-state index contributed by atoms with van der Waals surface area (Å²) in [6.07, 6.45) is 5.21. The Morgan fingerprint density at radius 2 is 1.96 bits per heavy atom. The van der Waals surface area contributed by atoms with Gasteiger partial charge in [0.25, 0.3) is 0 Å². The van der Waals surface area contributed by atoms with Gasteiger partial charge in [0.2, 0.25) is 10.0 Å². The fourth-order valence-corrected chi connectivity index (χ4v) is 5.73. The molecule has 0 aromatic carbocycles. The fraction of sp³-hybridized carbons (Fsp3) is 0.647. The summed E-state index contributed by atoms with van der Waals surface area (Å²) in [5.41, 5.74) is 0.829. The topological polar surface area (TPSA) is 85.4 Å². The Morgan fingerprint density at radius 3 is 2.69 bits per heavy atom. The minimum atomic E-state index is -3.15. The maximum absolute atomic E-state index is 12.7. The van der Waals surface area contributed by atoms with E-state index in [-0.39, 0.29) is 11.7 Å². The summed E-state index contributed by atoms with van der Waals surface area (Å²) in [6, 6.07) is 2.31. The van der Waals surface area contributed by atoms with Crippen LogP contribution in [0.15, 0.2) is 18.6 Å². The highest BCUT2D eigenvalue weighted by atomic mass is 32.2. The van der Waals surface area contributed by atoms with Crippen molar-refractivity contribution >= 4 is 26.9 Å². The Hall–Kier alpha value is -1.71. The number of H-pyrrole nitrogens is 1. The van der Waals surface area contributed by atoms with Crippen molar-refractivity contribution in [2.75, 3.05) is 50.9 Å². The maximum atomic E-state index is 12.7. The van der Waals surface area contributed by atoms with Crippen molar-refractivity contribution in [1.29, 1.82) is 0 Å². The zero-order valence-electron chi connectivity index (χ0n) is 15.3. The molecule has 1 aliphatic carbocycles. The van der Waals surface area contributed by atoms with Gasteiger partial charge in [0.05, 0.1) is 11.1 Å². The van der Waals surface area contributed by atoms with E-state index in [4.69, 9.17) is 0 Å². The number of hydrogen-bond donors (Lipinski definition) is 1. The van der Waals surface area contributed by atoms with E-state index in [0.717, 1.165) is 42.8 Å². The van der Waals surface area contributed by atoms with E-state index in [1.165, 1.54) is 0 Å². The van der Waals surface area contributed by atoms with Gasteiger partial charge in [-0.15, -0.1) is 0 Å². The average Bonchev–Trinajstić information content (AvgIpc) is 3.06. The summed E-state index contributed by atoms with van der Waals surface area (Å²) in [6.45, 7) is 2.86. The maximum Gasteiger partial charge on any atom is 0.214 e. The van der Waals surface area contributed by atoms with Gasteiger partial charge in [0, 0.05) is 45.5 Å². The van der Waals surface area contributed by atoms with Crippen LogP contribution in [-0.2, 0) is 10.0 Å². The van der Waals surface area contributed by atoms with Crippen LogP contribution in [0.3, 0.4) is 0 Å². The van der Waals surface area contributed by atoms with E-state index in [1.807, 2.05) is 26.4 Å². The molecule has 1 saturated carbocycles. The van der Waals surface area contributed by atoms with Crippen LogP contribution in [0.5, 0.6) is 0 Å². The number of likely N-dealkylation sites (N-methyl/N-ethyl adjacent to an activating group) is 1. The number of aromatic nitrogens is 3. The molecule has 2 fully saturated rings. The SMILES string of the molecule is CN1CCN(S(=O)(=O)C[C@H]2C[C@@H](N(C)c3ncnc4[nH]ccc34)C2)CC1. The lowest BCUT2D eigenvalue weighted by atomic mass is 9.81. The van der Waals surface area contributed by atoms with Gasteiger partial charge >= 0.3 is 0 Å². The minimum Gasteiger partial charge on any atom is -0.356 e. The number of aromatic amines is 1. The molecule has 26 heavy (non-hydrogen) atoms. The van der Waals surface area contributed by atoms with Crippen LogP contribution in [0.4, 0.5) is 5.82 Å². The number of piperazine rings is 1. The van der Waals surface area contributed by atoms with E-state index in [2.05, 4.69) is 24.8 Å². The number of nitrogens with zero attached hydrogens (tertiary/aromatic N) is 5. The highest BCUT2D eigenvalue weighted by Crippen LogP contribution is 2.36. The molecule has 0 atom stereocenters. The van der Waals surface area contributed by atoms with Crippen molar-refractivity contribution in [3.8, 4) is 0 Å². The highest BCUT2D eigenvalue weighted by molar-refractivity contribution is 7.89. The monoisotopic (exact) mass is 378 g/mol. The zero-order valence-corrected chi connectivity index (χ0v) is 16.1. The smallest absolute Gasteiger partial charge is 0.214 e. The van der Waals surface area contributed by atoms with Crippen LogP contribution in [0.1, 0.15) is 12.8 Å². The molecule has 0 bridgehead atoms. The second-order valence-corrected chi connectivity index (χ2v) is 9.53. The molecule has 1 aliphatic heterocycles. The van der Waals surface area contributed by atoms with Gasteiger partial charge < -0.3 is 14.8 Å². The molecule has 0 unspecified atom stereocenters. The molecule has 2 aromatic rings. The molecule has 2 aromatic heterocycles. The minimum absolute atomic E-state index is 0.232. The van der Waals surface area contributed by atoms with Crippen molar-refractivity contribution in [2.24, 2.45) is 5.92 Å². The van der Waals surface area contributed by atoms with Crippen LogP contribution in [-0.4, -0.2) is 84.6 Å². The first kappa shape index (κ1) is 17.7. The van der Waals surface area contributed by atoms with Gasteiger partial charge in [-0.3, -0.25) is 0 Å². The number of anilines is 1. The Labute approximate surface area is 154 Å². The molecule has 8 nitrogen and oxygen atoms in total. The van der Waals surface area contributed by atoms with Crippen LogP contribution in [0, 0.1) is 5.92 Å². The molecule has 9 heteroatoms. The predicted molar refractivity (Wildman–Crippen MR) is 102 cm³/mol. The first-order chi connectivity index (χ1) is 12.4. The van der Waals surface area contributed by atoms with Crippen molar-refractivity contribution in [2.45, 2.75) is 18.9 Å². The van der Waals surface area contributed by atoms with Crippen LogP contribution in [0.2, 0.25) is 0 Å². The highest BCUT2D eigenvalue weighted by Gasteiger charge is 2.38. The van der Waals surface area contributed by atoms with E-state index in [1.54, 1.807) is 10.6 Å². The summed E-state index contributed by atoms with van der Waals surface area (Å²) >= 11 is 0. The molecular formula is C17H26N6O2S. The van der Waals surface area contributed by atoms with Gasteiger partial charge in [0.1, 0.15) is 17.8 Å². The summed E-state index contributed by atoms with van der Waals surface area (Å²) in [5, 5.41) is 1.00. The molecule has 4 rings (SSSR count). The zero-order chi connectivity index (χ0) is 18.3. The van der Waals surface area contributed by atoms with E-state index in [9.17, 15) is 8.42 Å². The number of nitrogens with one attached hydrogen (secondary N) is 1. The van der Waals surface area contributed by atoms with Crippen molar-refractivity contribution in [3.63, 3.8) is 0 Å². The third kappa shape index (κ3) is 3.30. The molecule has 1 N–H and O–H groups in total. The lowest BCUT2D eigenvalue weighted by molar-refractivity contribution is 0.218. The number of fused-ring (bicyclic) bond motifs is 1. The van der Waals surface area contributed by atoms with Crippen LogP contribution < -0.4 is 4.90 Å². The third-order valence-corrected chi connectivity index (χ3v) is 7.77. The van der Waals surface area contributed by atoms with Crippen molar-refractivity contribution in [3.05, 3.63) is 18.6 Å². The van der Waals surface area contributed by atoms with E-state index < -0.39 is 10.0 Å². The lowest BCUT2D eigenvalue weighted by Gasteiger charge is -2.42. The van der Waals surface area contributed by atoms with Crippen molar-refractivity contribution in [1.82, 2.24) is 24.2 Å². The largest absolute Gasteiger partial charge is 0.356 e. The standard InChI is InChI=1S/C17H26N6O2S/c1-21-5-7-23(8-6-21)26(24,25)11-13-9-14(10-13)22(2)17-15-3-4-18-16(15)19-12-20-17/h3-4,12-14H,5-11H2,1-2H3,(H,18,19,20)/t13-,14+. The molecule has 3 heterocycles. The van der Waals surface area contributed by atoms with E-state index >= 15 is 0 Å². The molecule has 0 radical (unpaired) electrons. The Balaban J connectivity index is 1.36. The normalized spacial score (nSPS) is 25.3. The number of rotatable bonds is 5. The molecule has 142 valence electrons. The predicted octanol–water partition coefficient (Wildman–Crippen LogP) is 0.750. The average molecular weight is 379 g/mol. The molecule has 1 saturated heterocycles. The van der Waals surface area contributed by atoms with Gasteiger partial charge in [-0.2, -0.15) is 4.31 Å². The first-order valence-corrected chi connectivity index (χ1v) is 10.7. The summed E-state index contributed by atoms with van der Waals surface area (Å²) in [5.74, 6) is 1.40. The Morgan fingerprint density at radius 1 is 1.23 bits per heavy atom. The first-order valence-electron chi connectivity index (χ1n) is 9.11. The Bertz CT molecular complexity index is 868. The quantitative estimate of drug-likeness (QED) is 0.826. The summed E-state index contributed by atoms with van der Waals surface area (Å²) in [4.78, 5) is 16.1. The molecule has 2 aliphatic rings. The van der Waals surface area contributed by atoms with Gasteiger partial charge in [-0.25, -0.2) is 18.4 Å². The molecular weight excluding hydrogens is 352 g/mol. The van der Waals surface area contributed by atoms with Gasteiger partial charge in [-0.05, 0) is 31.9 Å². The van der Waals surface area contributed by atoms with Gasteiger partial charge in [-0.1, -0.05) is 0 Å². The summed E-state index contributed by atoms with van der Waals surface area (Å²) in [7, 11) is 0.916. The summed E-state index contributed by atoms with van der Waals surface area (Å²) < 4.78 is 27.0. The second kappa shape index (κ2) is 6.79. The van der Waals surface area contributed by atoms with E-state index in [0.29, 0.717) is 19.1 Å². The third-order valence-electron chi connectivity index (χ3n) is 5.73. The number of hydrogen-bond acceptors (Lipinski definition) is 6. The molecule has 0 spiro atoms. The second-order valence-electron chi connectivity index (χ2n) is 7.52. The van der Waals surface area contributed by atoms with Crippen LogP contribution >= 0.6 is 0 Å². The Kier molecular flexibility index (Phi) is 4.62. The fourth-order valence-electron chi connectivity index (χ4n) is 3.94. The lowest BCUT2D eigenvalue weighted by Crippen LogP contribution is -2.51. The van der Waals surface area contributed by atoms with Crippen molar-refractivity contribution < 1.29 is 8.42 Å².